The third-order valence-electron chi connectivity index (χ3n) is 7.69. The summed E-state index contributed by atoms with van der Waals surface area (Å²) in [4.78, 5) is 37.7. The fourth-order valence-corrected chi connectivity index (χ4v) is 5.66. The van der Waals surface area contributed by atoms with Gasteiger partial charge in [-0.1, -0.05) is 38.8 Å². The van der Waals surface area contributed by atoms with Crippen LogP contribution in [0.2, 0.25) is 5.02 Å². The van der Waals surface area contributed by atoms with E-state index in [0.717, 1.165) is 19.3 Å². The second kappa shape index (κ2) is 12.9. The van der Waals surface area contributed by atoms with Crippen molar-refractivity contribution in [1.82, 2.24) is 0 Å². The highest BCUT2D eigenvalue weighted by molar-refractivity contribution is 6.30. The molecule has 1 saturated heterocycles. The van der Waals surface area contributed by atoms with E-state index in [1.165, 1.54) is 13.8 Å². The van der Waals surface area contributed by atoms with Crippen LogP contribution < -0.4 is 4.74 Å². The molecule has 1 aliphatic heterocycles. The predicted molar refractivity (Wildman–Crippen MR) is 153 cm³/mol. The number of rotatable bonds is 10. The number of ether oxygens (including phenoxy) is 5. The standard InChI is InChI=1S/C32H39ClO8/c1-20(2)27-15-6-21(3)16-32(27)39-18-26(41-32)17-37-28(34)19-38-30(36)31(4,5)40-25-13-9-23(10-14-25)29(35)22-7-11-24(33)12-8-22/h7-14,20-21,26-27H,6,15-19H2,1-5H3. The summed E-state index contributed by atoms with van der Waals surface area (Å²) in [6.45, 7) is 9.47. The van der Waals surface area contributed by atoms with E-state index in [9.17, 15) is 14.4 Å². The van der Waals surface area contributed by atoms with Crippen LogP contribution in [0.1, 0.15) is 69.8 Å². The lowest BCUT2D eigenvalue weighted by atomic mass is 9.73. The van der Waals surface area contributed by atoms with Gasteiger partial charge in [0, 0.05) is 28.5 Å². The fourth-order valence-electron chi connectivity index (χ4n) is 5.54. The van der Waals surface area contributed by atoms with Gasteiger partial charge in [0.1, 0.15) is 18.5 Å². The van der Waals surface area contributed by atoms with Crippen molar-refractivity contribution in [1.29, 1.82) is 0 Å². The molecular weight excluding hydrogens is 548 g/mol. The lowest BCUT2D eigenvalue weighted by Crippen LogP contribution is -2.47. The molecule has 0 aromatic heterocycles. The van der Waals surface area contributed by atoms with Crippen LogP contribution in [0.4, 0.5) is 0 Å². The Morgan fingerprint density at radius 2 is 1.63 bits per heavy atom. The third-order valence-corrected chi connectivity index (χ3v) is 7.94. The zero-order chi connectivity index (χ0) is 29.8. The van der Waals surface area contributed by atoms with Gasteiger partial charge in [-0.15, -0.1) is 0 Å². The van der Waals surface area contributed by atoms with Crippen molar-refractivity contribution in [3.63, 3.8) is 0 Å². The fraction of sp³-hybridized carbons (Fsp3) is 0.531. The quantitative estimate of drug-likeness (QED) is 0.246. The normalized spacial score (nSPS) is 24.3. The largest absolute Gasteiger partial charge is 0.476 e. The van der Waals surface area contributed by atoms with Gasteiger partial charge in [-0.25, -0.2) is 9.59 Å². The minimum Gasteiger partial charge on any atom is -0.476 e. The van der Waals surface area contributed by atoms with Gasteiger partial charge >= 0.3 is 11.9 Å². The van der Waals surface area contributed by atoms with Gasteiger partial charge in [-0.3, -0.25) is 4.79 Å². The maximum atomic E-state index is 12.7. The Kier molecular flexibility index (Phi) is 9.77. The summed E-state index contributed by atoms with van der Waals surface area (Å²) < 4.78 is 28.8. The monoisotopic (exact) mass is 586 g/mol. The summed E-state index contributed by atoms with van der Waals surface area (Å²) in [6, 6.07) is 13.0. The second-order valence-electron chi connectivity index (χ2n) is 11.8. The molecule has 1 heterocycles. The molecule has 0 radical (unpaired) electrons. The van der Waals surface area contributed by atoms with Crippen molar-refractivity contribution in [3.8, 4) is 5.75 Å². The molecule has 2 aromatic carbocycles. The Morgan fingerprint density at radius 1 is 1.00 bits per heavy atom. The van der Waals surface area contributed by atoms with Gasteiger partial charge in [0.2, 0.25) is 0 Å². The number of halogens is 1. The molecule has 41 heavy (non-hydrogen) atoms. The van der Waals surface area contributed by atoms with Crippen LogP contribution in [0.5, 0.6) is 5.75 Å². The van der Waals surface area contributed by atoms with Crippen LogP contribution in [0.15, 0.2) is 48.5 Å². The van der Waals surface area contributed by atoms with Crippen molar-refractivity contribution in [2.75, 3.05) is 19.8 Å². The Labute approximate surface area is 246 Å². The summed E-state index contributed by atoms with van der Waals surface area (Å²) in [5.74, 6) is -0.614. The molecule has 0 amide bonds. The van der Waals surface area contributed by atoms with Gasteiger partial charge in [0.05, 0.1) is 6.61 Å². The number of benzene rings is 2. The lowest BCUT2D eigenvalue weighted by molar-refractivity contribution is -0.241. The van der Waals surface area contributed by atoms with Gasteiger partial charge in [0.25, 0.3) is 0 Å². The maximum Gasteiger partial charge on any atom is 0.350 e. The zero-order valence-electron chi connectivity index (χ0n) is 24.3. The number of hydrogen-bond donors (Lipinski definition) is 0. The minimum absolute atomic E-state index is 0.0261. The Bertz CT molecular complexity index is 1220. The smallest absolute Gasteiger partial charge is 0.350 e. The molecule has 4 atom stereocenters. The minimum atomic E-state index is -1.39. The molecule has 1 saturated carbocycles. The van der Waals surface area contributed by atoms with E-state index in [0.29, 0.717) is 46.3 Å². The van der Waals surface area contributed by atoms with Crippen LogP contribution in [0, 0.1) is 17.8 Å². The zero-order valence-corrected chi connectivity index (χ0v) is 25.1. The molecule has 1 spiro atoms. The average molecular weight is 587 g/mol. The molecule has 0 bridgehead atoms. The van der Waals surface area contributed by atoms with E-state index in [1.807, 2.05) is 0 Å². The molecular formula is C32H39ClO8. The first kappa shape index (κ1) is 31.0. The van der Waals surface area contributed by atoms with E-state index in [1.54, 1.807) is 48.5 Å². The lowest BCUT2D eigenvalue weighted by Gasteiger charge is -2.44. The van der Waals surface area contributed by atoms with Crippen molar-refractivity contribution < 1.29 is 38.1 Å². The molecule has 4 unspecified atom stereocenters. The molecule has 2 aromatic rings. The third kappa shape index (κ3) is 7.67. The van der Waals surface area contributed by atoms with E-state index >= 15 is 0 Å². The van der Waals surface area contributed by atoms with E-state index in [2.05, 4.69) is 20.8 Å². The number of hydrogen-bond acceptors (Lipinski definition) is 8. The SMILES string of the molecule is CC1CCC(C(C)C)C2(C1)OCC(COC(=O)COC(=O)C(C)(C)Oc1ccc(C(=O)c3ccc(Cl)cc3)cc1)O2. The van der Waals surface area contributed by atoms with Crippen LogP contribution in [-0.2, 0) is 28.5 Å². The summed E-state index contributed by atoms with van der Waals surface area (Å²) in [5.41, 5.74) is -0.419. The highest BCUT2D eigenvalue weighted by Crippen LogP contribution is 2.47. The molecule has 8 nitrogen and oxygen atoms in total. The molecule has 222 valence electrons. The molecule has 0 N–H and O–H groups in total. The van der Waals surface area contributed by atoms with Crippen molar-refractivity contribution in [2.24, 2.45) is 17.8 Å². The van der Waals surface area contributed by atoms with Gasteiger partial charge in [-0.05, 0) is 80.6 Å². The summed E-state index contributed by atoms with van der Waals surface area (Å²) in [7, 11) is 0. The summed E-state index contributed by atoms with van der Waals surface area (Å²) in [5, 5.41) is 0.548. The van der Waals surface area contributed by atoms with E-state index in [-0.39, 0.29) is 18.5 Å². The Hall–Kier alpha value is -2.94. The number of ketones is 1. The first-order valence-electron chi connectivity index (χ1n) is 14.1. The number of esters is 2. The summed E-state index contributed by atoms with van der Waals surface area (Å²) in [6.07, 6.45) is 2.66. The topological polar surface area (TPSA) is 97.4 Å². The second-order valence-corrected chi connectivity index (χ2v) is 12.3. The van der Waals surface area contributed by atoms with E-state index < -0.39 is 29.9 Å². The molecule has 9 heteroatoms. The highest BCUT2D eigenvalue weighted by atomic mass is 35.5. The average Bonchev–Trinajstić information content (AvgIpc) is 3.32. The van der Waals surface area contributed by atoms with Crippen molar-refractivity contribution in [3.05, 3.63) is 64.7 Å². The van der Waals surface area contributed by atoms with Crippen LogP contribution in [-0.4, -0.2) is 55.0 Å². The molecule has 2 fully saturated rings. The maximum absolute atomic E-state index is 12.7. The molecule has 2 aliphatic rings. The van der Waals surface area contributed by atoms with Crippen molar-refractivity contribution >= 4 is 29.3 Å². The van der Waals surface area contributed by atoms with Crippen molar-refractivity contribution in [2.45, 2.75) is 71.4 Å². The van der Waals surface area contributed by atoms with E-state index in [4.69, 9.17) is 35.3 Å². The highest BCUT2D eigenvalue weighted by Gasteiger charge is 2.51. The first-order valence-corrected chi connectivity index (χ1v) is 14.5. The van der Waals surface area contributed by atoms with Crippen LogP contribution in [0.3, 0.4) is 0 Å². The predicted octanol–water partition coefficient (Wildman–Crippen LogP) is 6.02. The Morgan fingerprint density at radius 3 is 2.27 bits per heavy atom. The Balaban J connectivity index is 1.23. The summed E-state index contributed by atoms with van der Waals surface area (Å²) >= 11 is 5.89. The van der Waals surface area contributed by atoms with Gasteiger partial charge in [0.15, 0.2) is 23.8 Å². The van der Waals surface area contributed by atoms with Crippen LogP contribution in [0.25, 0.3) is 0 Å². The number of carbonyl (C=O) groups is 3. The van der Waals surface area contributed by atoms with Gasteiger partial charge in [-0.2, -0.15) is 0 Å². The molecule has 1 aliphatic carbocycles. The number of carbonyl (C=O) groups excluding carboxylic acids is 3. The first-order chi connectivity index (χ1) is 19.4. The van der Waals surface area contributed by atoms with Gasteiger partial charge < -0.3 is 23.7 Å². The van der Waals surface area contributed by atoms with Crippen LogP contribution >= 0.6 is 11.6 Å². The molecule has 4 rings (SSSR count).